The molecule has 1 aliphatic heterocycles. The number of nitrogens with one attached hydrogen (secondary N) is 1. The van der Waals surface area contributed by atoms with Crippen LogP contribution in [0.1, 0.15) is 10.4 Å². The van der Waals surface area contributed by atoms with Gasteiger partial charge < -0.3 is 5.21 Å². The van der Waals surface area contributed by atoms with Crippen LogP contribution in [0, 0.1) is 5.21 Å². The minimum atomic E-state index is -1.81. The summed E-state index contributed by atoms with van der Waals surface area (Å²) in [6, 6.07) is 6.60. The fourth-order valence-electron chi connectivity index (χ4n) is 1.08. The molecule has 5 nitrogen and oxygen atoms in total. The molecule has 2 rings (SSSR count). The molecule has 1 unspecified atom stereocenters. The van der Waals surface area contributed by atoms with Crippen LogP contribution in [0.25, 0.3) is 0 Å². The quantitative estimate of drug-likeness (QED) is 0.371. The van der Waals surface area contributed by atoms with Crippen LogP contribution >= 0.6 is 11.9 Å². The lowest BCUT2D eigenvalue weighted by molar-refractivity contribution is -0.981. The lowest BCUT2D eigenvalue weighted by Gasteiger charge is -2.32. The topological polar surface area (TPSA) is 72.4 Å². The summed E-state index contributed by atoms with van der Waals surface area (Å²) in [5.41, 5.74) is 2.28. The van der Waals surface area contributed by atoms with Gasteiger partial charge in [0.15, 0.2) is 11.9 Å². The molecule has 1 heterocycles. The van der Waals surface area contributed by atoms with Crippen molar-refractivity contribution in [2.24, 2.45) is 0 Å². The van der Waals surface area contributed by atoms with Gasteiger partial charge in [-0.1, -0.05) is 12.1 Å². The highest BCUT2D eigenvalue weighted by atomic mass is 32.2. The van der Waals surface area contributed by atoms with Gasteiger partial charge in [-0.05, 0) is 16.5 Å². The highest BCUT2D eigenvalue weighted by molar-refractivity contribution is 7.94. The fourth-order valence-corrected chi connectivity index (χ4v) is 1.87. The predicted molar refractivity (Wildman–Crippen MR) is 45.2 cm³/mol. The summed E-state index contributed by atoms with van der Waals surface area (Å²) in [6.45, 7) is 0. The minimum Gasteiger partial charge on any atom is -0.560 e. The van der Waals surface area contributed by atoms with Crippen molar-refractivity contribution in [1.82, 2.24) is 5.43 Å². The van der Waals surface area contributed by atoms with Gasteiger partial charge in [0.05, 0.1) is 10.5 Å². The van der Waals surface area contributed by atoms with E-state index < -0.39 is 10.2 Å². The van der Waals surface area contributed by atoms with Crippen molar-refractivity contribution >= 4 is 17.9 Å². The van der Waals surface area contributed by atoms with Crippen molar-refractivity contribution in [3.8, 4) is 0 Å². The van der Waals surface area contributed by atoms with E-state index in [2.05, 4.69) is 0 Å². The fraction of sp³-hybridized carbons (Fsp3) is 0. The van der Waals surface area contributed by atoms with Crippen LogP contribution in [0.5, 0.6) is 0 Å². The molecule has 1 atom stereocenters. The van der Waals surface area contributed by atoms with Crippen molar-refractivity contribution in [1.29, 1.82) is 0 Å². The third-order valence-electron chi connectivity index (χ3n) is 1.60. The molecular weight excluding hydrogens is 192 g/mol. The third-order valence-corrected chi connectivity index (χ3v) is 2.49. The Hall–Kier alpha value is -1.08. The maximum absolute atomic E-state index is 11.2. The average molecular weight is 198 g/mol. The molecule has 13 heavy (non-hydrogen) atoms. The lowest BCUT2D eigenvalue weighted by Crippen LogP contribution is -2.50. The summed E-state index contributed by atoms with van der Waals surface area (Å²) in [4.78, 5) is 11.7. The number of carbonyl (C=O) groups is 1. The molecule has 0 radical (unpaired) electrons. The van der Waals surface area contributed by atoms with Crippen molar-refractivity contribution in [2.75, 3.05) is 0 Å². The van der Waals surface area contributed by atoms with Crippen LogP contribution in [0.15, 0.2) is 29.2 Å². The number of hydrogen-bond donors (Lipinski definition) is 2. The number of carbonyl (C=O) groups excluding carboxylic acids is 1. The van der Waals surface area contributed by atoms with Crippen molar-refractivity contribution < 1.29 is 14.3 Å². The normalized spacial score (nSPS) is 26.5. The summed E-state index contributed by atoms with van der Waals surface area (Å²) in [6.07, 6.45) is 0. The second-order valence-corrected chi connectivity index (χ2v) is 3.67. The molecule has 1 aromatic carbocycles. The molecular formula is C7H6N2O3S. The molecule has 0 bridgehead atoms. The third kappa shape index (κ3) is 1.52. The number of quaternary nitrogens is 1. The van der Waals surface area contributed by atoms with E-state index in [0.717, 1.165) is 0 Å². The van der Waals surface area contributed by atoms with Crippen molar-refractivity contribution in [3.05, 3.63) is 35.0 Å². The zero-order chi connectivity index (χ0) is 9.47. The Morgan fingerprint density at radius 3 is 2.92 bits per heavy atom. The van der Waals surface area contributed by atoms with E-state index in [1.165, 1.54) is 0 Å². The Kier molecular flexibility index (Phi) is 1.77. The molecule has 0 saturated heterocycles. The average Bonchev–Trinajstić information content (AvgIpc) is 2.02. The Bertz CT molecular complexity index is 367. The van der Waals surface area contributed by atoms with Crippen LogP contribution in [0.3, 0.4) is 0 Å². The molecule has 1 amide bonds. The number of hydrogen-bond acceptors (Lipinski definition) is 4. The van der Waals surface area contributed by atoms with Crippen molar-refractivity contribution in [2.45, 2.75) is 4.90 Å². The summed E-state index contributed by atoms with van der Waals surface area (Å²) in [5.74, 6) is -0.563. The van der Waals surface area contributed by atoms with Gasteiger partial charge >= 0.3 is 5.91 Å². The molecule has 0 aliphatic carbocycles. The van der Waals surface area contributed by atoms with Gasteiger partial charge in [-0.15, -0.1) is 0 Å². The first-order chi connectivity index (χ1) is 6.08. The van der Waals surface area contributed by atoms with E-state index in [-0.39, 0.29) is 0 Å². The van der Waals surface area contributed by atoms with Crippen LogP contribution in [0.2, 0.25) is 0 Å². The van der Waals surface area contributed by atoms with E-state index in [1.54, 1.807) is 24.3 Å². The second kappa shape index (κ2) is 2.71. The number of benzene rings is 1. The molecule has 1 aliphatic rings. The minimum absolute atomic E-state index is 0.408. The van der Waals surface area contributed by atoms with Gasteiger partial charge in [-0.2, -0.15) is 10.6 Å². The summed E-state index contributed by atoms with van der Waals surface area (Å²) < 4.78 is -1.81. The van der Waals surface area contributed by atoms with E-state index in [4.69, 9.17) is 5.21 Å². The molecule has 2 N–H and O–H groups in total. The maximum Gasteiger partial charge on any atom is 0.301 e. The van der Waals surface area contributed by atoms with Gasteiger partial charge in [0.1, 0.15) is 0 Å². The van der Waals surface area contributed by atoms with Gasteiger partial charge in [-0.3, -0.25) is 4.79 Å². The number of amides is 1. The maximum atomic E-state index is 11.2. The second-order valence-electron chi connectivity index (χ2n) is 2.55. The Morgan fingerprint density at radius 2 is 2.15 bits per heavy atom. The van der Waals surface area contributed by atoms with Gasteiger partial charge in [0.2, 0.25) is 0 Å². The first-order valence-electron chi connectivity index (χ1n) is 3.52. The molecule has 0 spiro atoms. The number of rotatable bonds is 0. The molecule has 0 saturated carbocycles. The largest absolute Gasteiger partial charge is 0.560 e. The van der Waals surface area contributed by atoms with E-state index in [1.807, 2.05) is 5.43 Å². The molecule has 6 heteroatoms. The Balaban J connectivity index is 2.49. The van der Waals surface area contributed by atoms with Gasteiger partial charge in [0, 0.05) is 0 Å². The molecule has 0 fully saturated rings. The molecule has 0 aromatic heterocycles. The van der Waals surface area contributed by atoms with Crippen LogP contribution in [-0.4, -0.2) is 15.4 Å². The SMILES string of the molecule is O=C1N[N+]([O-])(O)Sc2ccccc21. The first kappa shape index (κ1) is 8.52. The van der Waals surface area contributed by atoms with Crippen LogP contribution in [0.4, 0.5) is 0 Å². The standard InChI is InChI=1S/C7H6N2O3S/c10-7-5-3-1-2-4-6(5)13-9(11,12)8-7/h1-4,11H,(H,8,10). The number of nitrogens with zero attached hydrogens (tertiary/aromatic N) is 1. The highest BCUT2D eigenvalue weighted by Crippen LogP contribution is 2.32. The molecule has 1 aromatic rings. The monoisotopic (exact) mass is 198 g/mol. The number of fused-ring (bicyclic) bond motifs is 1. The summed E-state index contributed by atoms with van der Waals surface area (Å²) >= 11 is 0.623. The van der Waals surface area contributed by atoms with Gasteiger partial charge in [-0.25, -0.2) is 0 Å². The van der Waals surface area contributed by atoms with E-state index in [0.29, 0.717) is 22.4 Å². The van der Waals surface area contributed by atoms with E-state index in [9.17, 15) is 10.0 Å². The van der Waals surface area contributed by atoms with E-state index >= 15 is 0 Å². The predicted octanol–water partition coefficient (Wildman–Crippen LogP) is 1.06. The highest BCUT2D eigenvalue weighted by Gasteiger charge is 2.31. The van der Waals surface area contributed by atoms with Gasteiger partial charge in [0.25, 0.3) is 0 Å². The summed E-state index contributed by atoms with van der Waals surface area (Å²) in [5, 5.41) is 20.0. The van der Waals surface area contributed by atoms with Crippen LogP contribution < -0.4 is 5.43 Å². The first-order valence-corrected chi connectivity index (χ1v) is 4.30. The zero-order valence-electron chi connectivity index (χ0n) is 6.43. The van der Waals surface area contributed by atoms with Crippen molar-refractivity contribution in [3.63, 3.8) is 0 Å². The Labute approximate surface area is 78.2 Å². The Morgan fingerprint density at radius 1 is 1.46 bits per heavy atom. The van der Waals surface area contributed by atoms with Crippen LogP contribution in [-0.2, 0) is 0 Å². The zero-order valence-corrected chi connectivity index (χ0v) is 7.25. The summed E-state index contributed by atoms with van der Waals surface area (Å²) in [7, 11) is 0. The smallest absolute Gasteiger partial charge is 0.301 e. The lowest BCUT2D eigenvalue weighted by atomic mass is 10.2. The molecule has 68 valence electrons.